The molecule has 2 aromatic carbocycles. The molecule has 7 heteroatoms. The monoisotopic (exact) mass is 370 g/mol. The Morgan fingerprint density at radius 2 is 1.88 bits per heavy atom. The molecular weight excluding hydrogens is 350 g/mol. The van der Waals surface area contributed by atoms with Gasteiger partial charge in [-0.1, -0.05) is 29.8 Å². The standard InChI is InChI=1S/C19H19N3O3S/c1-12-7-9-15(10-8-12)22-18(19(24)25-21-22)26-11-17(23)20-16-6-4-5-13(2)14(16)3/h4-10H,11H2,1-3H3,(H-,20,21,23,24)/p+1. The zero-order chi connectivity index (χ0) is 18.7. The molecule has 6 nitrogen and oxygen atoms in total. The van der Waals surface area contributed by atoms with Crippen molar-refractivity contribution in [2.75, 3.05) is 11.1 Å². The number of thioether (sulfide) groups is 1. The smallest absolute Gasteiger partial charge is 0.325 e. The Morgan fingerprint density at radius 1 is 1.15 bits per heavy atom. The van der Waals surface area contributed by atoms with E-state index in [4.69, 9.17) is 4.52 Å². The van der Waals surface area contributed by atoms with Gasteiger partial charge in [-0.15, -0.1) is 0 Å². The van der Waals surface area contributed by atoms with Crippen molar-refractivity contribution in [3.05, 3.63) is 69.6 Å². The molecule has 0 saturated heterocycles. The Morgan fingerprint density at radius 3 is 2.62 bits per heavy atom. The number of aromatic amines is 1. The van der Waals surface area contributed by atoms with Crippen LogP contribution in [0.25, 0.3) is 5.69 Å². The number of rotatable bonds is 5. The van der Waals surface area contributed by atoms with Crippen LogP contribution in [0.3, 0.4) is 0 Å². The van der Waals surface area contributed by atoms with Gasteiger partial charge in [-0.25, -0.2) is 4.79 Å². The minimum absolute atomic E-state index is 0.0991. The second-order valence-electron chi connectivity index (χ2n) is 6.04. The number of nitrogens with one attached hydrogen (secondary N) is 2. The summed E-state index contributed by atoms with van der Waals surface area (Å²) in [4.78, 5) is 24.3. The van der Waals surface area contributed by atoms with Crippen molar-refractivity contribution in [2.24, 2.45) is 0 Å². The van der Waals surface area contributed by atoms with Crippen molar-refractivity contribution in [3.8, 4) is 5.69 Å². The van der Waals surface area contributed by atoms with Gasteiger partial charge in [0.05, 0.1) is 5.75 Å². The fraction of sp³-hybridized carbons (Fsp3) is 0.211. The third kappa shape index (κ3) is 3.88. The molecule has 0 aliphatic heterocycles. The van der Waals surface area contributed by atoms with Gasteiger partial charge < -0.3 is 5.32 Å². The number of carbonyl (C=O) groups is 1. The lowest BCUT2D eigenvalue weighted by Crippen LogP contribution is -2.36. The third-order valence-electron chi connectivity index (χ3n) is 4.12. The van der Waals surface area contributed by atoms with E-state index in [1.807, 2.05) is 63.2 Å². The lowest BCUT2D eigenvalue weighted by molar-refractivity contribution is -0.704. The van der Waals surface area contributed by atoms with E-state index in [0.29, 0.717) is 5.03 Å². The molecule has 26 heavy (non-hydrogen) atoms. The normalized spacial score (nSPS) is 10.7. The first-order chi connectivity index (χ1) is 12.5. The van der Waals surface area contributed by atoms with Crippen molar-refractivity contribution in [1.29, 1.82) is 0 Å². The first-order valence-corrected chi connectivity index (χ1v) is 9.13. The first-order valence-electron chi connectivity index (χ1n) is 8.15. The maximum atomic E-state index is 12.3. The number of hydrogen-bond acceptors (Lipinski definition) is 4. The number of hydrogen-bond donors (Lipinski definition) is 2. The van der Waals surface area contributed by atoms with Gasteiger partial charge in [0.25, 0.3) is 0 Å². The molecule has 0 bridgehead atoms. The molecule has 3 aromatic rings. The molecule has 1 amide bonds. The van der Waals surface area contributed by atoms with Crippen LogP contribution in [0, 0.1) is 20.8 Å². The molecule has 1 aromatic heterocycles. The summed E-state index contributed by atoms with van der Waals surface area (Å²) in [5, 5.41) is 5.79. The van der Waals surface area contributed by atoms with Crippen molar-refractivity contribution < 1.29 is 14.0 Å². The molecule has 0 fully saturated rings. The third-order valence-corrected chi connectivity index (χ3v) is 5.15. The molecule has 0 saturated carbocycles. The summed E-state index contributed by atoms with van der Waals surface area (Å²) in [5.74, 6) is -0.0817. The number of benzene rings is 2. The van der Waals surface area contributed by atoms with Gasteiger partial charge in [-0.2, -0.15) is 0 Å². The van der Waals surface area contributed by atoms with E-state index in [9.17, 15) is 9.59 Å². The summed E-state index contributed by atoms with van der Waals surface area (Å²) in [5.41, 5.74) is 4.29. The summed E-state index contributed by atoms with van der Waals surface area (Å²) >= 11 is 1.13. The largest absolute Gasteiger partial charge is 0.442 e. The number of amides is 1. The molecule has 0 atom stereocenters. The van der Waals surface area contributed by atoms with Gasteiger partial charge in [0.15, 0.2) is 0 Å². The first kappa shape index (κ1) is 18.0. The number of carbonyl (C=O) groups excluding carboxylic acids is 1. The predicted molar refractivity (Wildman–Crippen MR) is 101 cm³/mol. The number of H-pyrrole nitrogens is 1. The van der Waals surface area contributed by atoms with Crippen molar-refractivity contribution in [1.82, 2.24) is 5.27 Å². The van der Waals surface area contributed by atoms with Crippen molar-refractivity contribution >= 4 is 23.4 Å². The zero-order valence-electron chi connectivity index (χ0n) is 14.8. The second kappa shape index (κ2) is 7.61. The van der Waals surface area contributed by atoms with E-state index in [-0.39, 0.29) is 11.7 Å². The molecule has 0 radical (unpaired) electrons. The molecule has 3 rings (SSSR count). The van der Waals surface area contributed by atoms with E-state index in [0.717, 1.165) is 39.8 Å². The highest BCUT2D eigenvalue weighted by molar-refractivity contribution is 7.99. The predicted octanol–water partition coefficient (Wildman–Crippen LogP) is 2.90. The van der Waals surface area contributed by atoms with Crippen LogP contribution in [0.15, 0.2) is 56.8 Å². The zero-order valence-corrected chi connectivity index (χ0v) is 15.6. The van der Waals surface area contributed by atoms with E-state index in [1.54, 1.807) is 0 Å². The number of aromatic nitrogens is 2. The highest BCUT2D eigenvalue weighted by Gasteiger charge is 2.25. The van der Waals surface area contributed by atoms with E-state index in [2.05, 4.69) is 10.6 Å². The van der Waals surface area contributed by atoms with Gasteiger partial charge in [-0.3, -0.25) is 9.32 Å². The van der Waals surface area contributed by atoms with Gasteiger partial charge in [0.2, 0.25) is 11.6 Å². The van der Waals surface area contributed by atoms with Gasteiger partial charge in [0, 0.05) is 17.8 Å². The maximum Gasteiger partial charge on any atom is 0.442 e. The second-order valence-corrected chi connectivity index (χ2v) is 7.01. The molecule has 0 spiro atoms. The summed E-state index contributed by atoms with van der Waals surface area (Å²) < 4.78 is 6.43. The Hall–Kier alpha value is -2.80. The average molecular weight is 370 g/mol. The molecule has 2 N–H and O–H groups in total. The Bertz CT molecular complexity index is 990. The molecule has 0 aliphatic rings. The average Bonchev–Trinajstić information content (AvgIpc) is 2.98. The minimum Gasteiger partial charge on any atom is -0.325 e. The van der Waals surface area contributed by atoms with Gasteiger partial charge in [-0.05, 0) is 59.7 Å². The number of nitrogens with zero attached hydrogens (tertiary/aromatic N) is 1. The Balaban J connectivity index is 1.73. The van der Waals surface area contributed by atoms with Gasteiger partial charge in [0.1, 0.15) is 0 Å². The molecule has 0 unspecified atom stereocenters. The van der Waals surface area contributed by atoms with E-state index in [1.165, 1.54) is 4.68 Å². The fourth-order valence-corrected chi connectivity index (χ4v) is 3.23. The van der Waals surface area contributed by atoms with Crippen LogP contribution in [0.2, 0.25) is 0 Å². The van der Waals surface area contributed by atoms with Crippen LogP contribution in [-0.2, 0) is 4.79 Å². The van der Waals surface area contributed by atoms with E-state index < -0.39 is 5.63 Å². The highest BCUT2D eigenvalue weighted by Crippen LogP contribution is 2.19. The summed E-state index contributed by atoms with van der Waals surface area (Å²) in [6, 6.07) is 13.4. The summed E-state index contributed by atoms with van der Waals surface area (Å²) in [6.45, 7) is 5.94. The van der Waals surface area contributed by atoms with Crippen LogP contribution in [0.4, 0.5) is 5.69 Å². The van der Waals surface area contributed by atoms with Gasteiger partial charge >= 0.3 is 10.7 Å². The fourth-order valence-electron chi connectivity index (χ4n) is 2.46. The summed E-state index contributed by atoms with van der Waals surface area (Å²) in [7, 11) is 0. The quantitative estimate of drug-likeness (QED) is 0.535. The van der Waals surface area contributed by atoms with Crippen LogP contribution in [0.1, 0.15) is 16.7 Å². The van der Waals surface area contributed by atoms with Crippen LogP contribution in [-0.4, -0.2) is 16.9 Å². The van der Waals surface area contributed by atoms with Crippen molar-refractivity contribution in [3.63, 3.8) is 0 Å². The number of anilines is 1. The number of aryl methyl sites for hydroxylation is 2. The Labute approximate surface area is 155 Å². The molecule has 134 valence electrons. The molecular formula is C19H20N3O3S+. The summed E-state index contributed by atoms with van der Waals surface area (Å²) in [6.07, 6.45) is 0. The SMILES string of the molecule is Cc1ccc(-[n+]2[nH]oc(=O)c2SCC(=O)Nc2cccc(C)c2C)cc1. The molecule has 0 aliphatic carbocycles. The topological polar surface area (TPSA) is 79.0 Å². The maximum absolute atomic E-state index is 12.3. The van der Waals surface area contributed by atoms with E-state index >= 15 is 0 Å². The lowest BCUT2D eigenvalue weighted by Gasteiger charge is -2.09. The minimum atomic E-state index is -0.505. The van der Waals surface area contributed by atoms with Crippen molar-refractivity contribution in [2.45, 2.75) is 25.8 Å². The highest BCUT2D eigenvalue weighted by atomic mass is 32.2. The lowest BCUT2D eigenvalue weighted by atomic mass is 10.1. The van der Waals surface area contributed by atoms with Crippen LogP contribution < -0.4 is 15.6 Å². The Kier molecular flexibility index (Phi) is 5.27. The van der Waals surface area contributed by atoms with Crippen LogP contribution >= 0.6 is 11.8 Å². The van der Waals surface area contributed by atoms with Crippen LogP contribution in [0.5, 0.6) is 0 Å². The molecule has 1 heterocycles.